The van der Waals surface area contributed by atoms with Crippen molar-refractivity contribution in [2.24, 2.45) is 0 Å². The van der Waals surface area contributed by atoms with Crippen LogP contribution in [0.1, 0.15) is 43.1 Å². The topological polar surface area (TPSA) is 30.2 Å². The summed E-state index contributed by atoms with van der Waals surface area (Å²) in [5.74, 6) is 0. The van der Waals surface area contributed by atoms with E-state index in [1.54, 1.807) is 4.52 Å². The third-order valence-electron chi connectivity index (χ3n) is 3.37. The van der Waals surface area contributed by atoms with Gasteiger partial charge in [0.25, 0.3) is 0 Å². The summed E-state index contributed by atoms with van der Waals surface area (Å²) in [7, 11) is 0. The van der Waals surface area contributed by atoms with Crippen LogP contribution in [0.4, 0.5) is 0 Å². The van der Waals surface area contributed by atoms with Crippen molar-refractivity contribution in [1.29, 1.82) is 0 Å². The number of nitrogens with zero attached hydrogens (tertiary/aromatic N) is 3. The zero-order chi connectivity index (χ0) is 11.8. The maximum atomic E-state index is 6.43. The van der Waals surface area contributed by atoms with Gasteiger partial charge < -0.3 is 0 Å². The molecular weight excluding hydrogens is 234 g/mol. The molecule has 0 fully saturated rings. The third kappa shape index (κ3) is 1.82. The normalized spacial score (nSPS) is 15.2. The maximum absolute atomic E-state index is 6.43. The molecule has 0 spiro atoms. The molecule has 1 aliphatic carbocycles. The first kappa shape index (κ1) is 11.0. The van der Waals surface area contributed by atoms with E-state index in [2.05, 4.69) is 18.1 Å². The van der Waals surface area contributed by atoms with Crippen molar-refractivity contribution in [3.63, 3.8) is 0 Å². The fourth-order valence-corrected chi connectivity index (χ4v) is 2.85. The van der Waals surface area contributed by atoms with Crippen molar-refractivity contribution in [2.75, 3.05) is 0 Å². The Labute approximate surface area is 106 Å². The minimum Gasteiger partial charge on any atom is -0.233 e. The molecule has 0 bridgehead atoms. The second-order valence-corrected chi connectivity index (χ2v) is 5.05. The highest BCUT2D eigenvalue weighted by Crippen LogP contribution is 2.27. The molecule has 17 heavy (non-hydrogen) atoms. The Morgan fingerprint density at radius 2 is 2.18 bits per heavy atom. The van der Waals surface area contributed by atoms with Gasteiger partial charge in [-0.3, -0.25) is 0 Å². The Balaban J connectivity index is 2.18. The van der Waals surface area contributed by atoms with Crippen molar-refractivity contribution in [3.8, 4) is 0 Å². The van der Waals surface area contributed by atoms with E-state index in [0.29, 0.717) is 0 Å². The number of hydrogen-bond donors (Lipinski definition) is 0. The molecule has 90 valence electrons. The molecule has 3 rings (SSSR count). The van der Waals surface area contributed by atoms with Gasteiger partial charge in [-0.05, 0) is 32.1 Å². The predicted molar refractivity (Wildman–Crippen MR) is 68.6 cm³/mol. The number of aryl methyl sites for hydroxylation is 2. The van der Waals surface area contributed by atoms with Crippen LogP contribution in [0.5, 0.6) is 0 Å². The standard InChI is InChI=1S/C13H16ClN3/c1-2-5-9-8-12-15-11-7-4-3-6-10(11)13(14)17(12)16-9/h8H,2-7H2,1H3. The molecule has 3 nitrogen and oxygen atoms in total. The average molecular weight is 250 g/mol. The number of rotatable bonds is 2. The second kappa shape index (κ2) is 4.30. The molecule has 2 aromatic heterocycles. The third-order valence-corrected chi connectivity index (χ3v) is 3.76. The van der Waals surface area contributed by atoms with Crippen LogP contribution in [0.2, 0.25) is 5.15 Å². The summed E-state index contributed by atoms with van der Waals surface area (Å²) in [5.41, 5.74) is 4.37. The number of hydrogen-bond acceptors (Lipinski definition) is 2. The van der Waals surface area contributed by atoms with Gasteiger partial charge in [-0.2, -0.15) is 5.10 Å². The molecule has 0 atom stereocenters. The summed E-state index contributed by atoms with van der Waals surface area (Å²) in [6.07, 6.45) is 6.62. The summed E-state index contributed by atoms with van der Waals surface area (Å²) in [6.45, 7) is 2.16. The summed E-state index contributed by atoms with van der Waals surface area (Å²) < 4.78 is 1.80. The van der Waals surface area contributed by atoms with E-state index in [1.165, 1.54) is 24.1 Å². The Bertz CT molecular complexity index is 559. The van der Waals surface area contributed by atoms with Crippen LogP contribution in [0.25, 0.3) is 5.65 Å². The van der Waals surface area contributed by atoms with Crippen LogP contribution in [-0.2, 0) is 19.3 Å². The van der Waals surface area contributed by atoms with Crippen LogP contribution in [-0.4, -0.2) is 14.6 Å². The second-order valence-electron chi connectivity index (χ2n) is 4.69. The molecule has 0 N–H and O–H groups in total. The van der Waals surface area contributed by atoms with Gasteiger partial charge in [-0.1, -0.05) is 24.9 Å². The van der Waals surface area contributed by atoms with Gasteiger partial charge in [0.2, 0.25) is 0 Å². The minimum absolute atomic E-state index is 0.770. The first-order chi connectivity index (χ1) is 8.29. The molecule has 0 aromatic carbocycles. The minimum atomic E-state index is 0.770. The molecule has 4 heteroatoms. The maximum Gasteiger partial charge on any atom is 0.157 e. The molecule has 0 saturated heterocycles. The van der Waals surface area contributed by atoms with Crippen molar-refractivity contribution in [2.45, 2.75) is 45.4 Å². The highest BCUT2D eigenvalue weighted by Gasteiger charge is 2.18. The number of aromatic nitrogens is 3. The Morgan fingerprint density at radius 1 is 1.35 bits per heavy atom. The van der Waals surface area contributed by atoms with Crippen LogP contribution in [0.15, 0.2) is 6.07 Å². The lowest BCUT2D eigenvalue weighted by Gasteiger charge is -2.16. The van der Waals surface area contributed by atoms with E-state index in [0.717, 1.165) is 42.2 Å². The van der Waals surface area contributed by atoms with Crippen LogP contribution in [0, 0.1) is 0 Å². The van der Waals surface area contributed by atoms with Crippen molar-refractivity contribution in [1.82, 2.24) is 14.6 Å². The summed E-state index contributed by atoms with van der Waals surface area (Å²) in [6, 6.07) is 2.06. The van der Waals surface area contributed by atoms with Gasteiger partial charge in [-0.25, -0.2) is 9.50 Å². The largest absolute Gasteiger partial charge is 0.233 e. The van der Waals surface area contributed by atoms with Gasteiger partial charge in [-0.15, -0.1) is 0 Å². The van der Waals surface area contributed by atoms with E-state index in [9.17, 15) is 0 Å². The van der Waals surface area contributed by atoms with Crippen LogP contribution < -0.4 is 0 Å². The Kier molecular flexibility index (Phi) is 2.79. The van der Waals surface area contributed by atoms with Gasteiger partial charge in [0.1, 0.15) is 5.15 Å². The van der Waals surface area contributed by atoms with E-state index in [1.807, 2.05) is 0 Å². The first-order valence-corrected chi connectivity index (χ1v) is 6.73. The van der Waals surface area contributed by atoms with Gasteiger partial charge in [0.05, 0.1) is 5.69 Å². The highest BCUT2D eigenvalue weighted by molar-refractivity contribution is 6.30. The van der Waals surface area contributed by atoms with E-state index in [4.69, 9.17) is 16.6 Å². The van der Waals surface area contributed by atoms with Gasteiger partial charge >= 0.3 is 0 Å². The van der Waals surface area contributed by atoms with Crippen molar-refractivity contribution >= 4 is 17.2 Å². The Hall–Kier alpha value is -1.09. The molecule has 0 unspecified atom stereocenters. The lowest BCUT2D eigenvalue weighted by molar-refractivity contribution is 0.659. The smallest absolute Gasteiger partial charge is 0.157 e. The molecule has 1 aliphatic rings. The lowest BCUT2D eigenvalue weighted by Crippen LogP contribution is -2.09. The van der Waals surface area contributed by atoms with Crippen molar-refractivity contribution < 1.29 is 0 Å². The van der Waals surface area contributed by atoms with E-state index in [-0.39, 0.29) is 0 Å². The van der Waals surface area contributed by atoms with E-state index < -0.39 is 0 Å². The van der Waals surface area contributed by atoms with Crippen molar-refractivity contribution in [3.05, 3.63) is 28.2 Å². The van der Waals surface area contributed by atoms with Gasteiger partial charge in [0.15, 0.2) is 5.65 Å². The lowest BCUT2D eigenvalue weighted by atomic mass is 9.97. The molecule has 0 radical (unpaired) electrons. The summed E-state index contributed by atoms with van der Waals surface area (Å²) >= 11 is 6.43. The molecule has 0 saturated carbocycles. The Morgan fingerprint density at radius 3 is 3.00 bits per heavy atom. The fourth-order valence-electron chi connectivity index (χ4n) is 2.52. The fraction of sp³-hybridized carbons (Fsp3) is 0.538. The molecule has 2 heterocycles. The summed E-state index contributed by atoms with van der Waals surface area (Å²) in [5, 5.41) is 5.30. The van der Waals surface area contributed by atoms with E-state index >= 15 is 0 Å². The van der Waals surface area contributed by atoms with Crippen LogP contribution >= 0.6 is 11.6 Å². The molecular formula is C13H16ClN3. The quantitative estimate of drug-likeness (QED) is 0.765. The van der Waals surface area contributed by atoms with Gasteiger partial charge in [0, 0.05) is 17.3 Å². The number of fused-ring (bicyclic) bond motifs is 2. The molecule has 2 aromatic rings. The monoisotopic (exact) mass is 249 g/mol. The predicted octanol–water partition coefficient (Wildman–Crippen LogP) is 3.21. The average Bonchev–Trinajstić information content (AvgIpc) is 2.73. The highest BCUT2D eigenvalue weighted by atomic mass is 35.5. The molecule has 0 amide bonds. The zero-order valence-electron chi connectivity index (χ0n) is 10.0. The SMILES string of the molecule is CCCc1cc2nc3c(c(Cl)n2n1)CCCC3. The zero-order valence-corrected chi connectivity index (χ0v) is 10.8. The van der Waals surface area contributed by atoms with Crippen LogP contribution in [0.3, 0.4) is 0 Å². The first-order valence-electron chi connectivity index (χ1n) is 6.35. The summed E-state index contributed by atoms with van der Waals surface area (Å²) in [4.78, 5) is 4.70. The molecule has 0 aliphatic heterocycles. The number of halogens is 1.